The Morgan fingerprint density at radius 3 is 2.50 bits per heavy atom. The van der Waals surface area contributed by atoms with Crippen molar-refractivity contribution < 1.29 is 14.9 Å². The second-order valence-electron chi connectivity index (χ2n) is 1.78. The van der Waals surface area contributed by atoms with Crippen molar-refractivity contribution in [3.05, 3.63) is 0 Å². The molecule has 0 amide bonds. The Morgan fingerprint density at radius 1 is 1.88 bits per heavy atom. The minimum Gasteiger partial charge on any atom is -0.391 e. The largest absolute Gasteiger partial charge is 0.391 e. The Balaban J connectivity index is 2.42. The number of rotatable bonds is 1. The molecule has 1 heterocycles. The summed E-state index contributed by atoms with van der Waals surface area (Å²) in [5.74, 6) is -1.46. The van der Waals surface area contributed by atoms with Crippen LogP contribution >= 0.6 is 11.6 Å². The van der Waals surface area contributed by atoms with E-state index in [1.807, 2.05) is 0 Å². The van der Waals surface area contributed by atoms with Gasteiger partial charge in [-0.25, -0.2) is 0 Å². The van der Waals surface area contributed by atoms with Crippen LogP contribution in [0.4, 0.5) is 0 Å². The molecule has 0 radical (unpaired) electrons. The predicted molar refractivity (Wildman–Crippen MR) is 27.6 cm³/mol. The van der Waals surface area contributed by atoms with Crippen LogP contribution in [0.2, 0.25) is 0 Å². The molecule has 0 spiro atoms. The molecule has 0 bridgehead atoms. The molecule has 0 aromatic rings. The Kier molecular flexibility index (Phi) is 1.45. The van der Waals surface area contributed by atoms with Crippen LogP contribution in [0.5, 0.6) is 0 Å². The lowest BCUT2D eigenvalue weighted by molar-refractivity contribution is -0.291. The van der Waals surface area contributed by atoms with E-state index in [4.69, 9.17) is 21.8 Å². The quantitative estimate of drug-likeness (QED) is 0.472. The van der Waals surface area contributed by atoms with Gasteiger partial charge in [-0.1, -0.05) is 0 Å². The molecular formula is C4H7ClO3. The van der Waals surface area contributed by atoms with E-state index in [1.165, 1.54) is 0 Å². The lowest BCUT2D eigenvalue weighted by atomic mass is 10.1. The summed E-state index contributed by atoms with van der Waals surface area (Å²) in [6, 6.07) is 0. The van der Waals surface area contributed by atoms with Crippen molar-refractivity contribution in [2.24, 2.45) is 0 Å². The number of hydrogen-bond acceptors (Lipinski definition) is 3. The van der Waals surface area contributed by atoms with Crippen molar-refractivity contribution in [3.8, 4) is 0 Å². The van der Waals surface area contributed by atoms with Crippen molar-refractivity contribution in [2.45, 2.75) is 11.2 Å². The predicted octanol–water partition coefficient (Wildman–Crippen LogP) is -0.695. The summed E-state index contributed by atoms with van der Waals surface area (Å²) in [6.45, 7) is -0.111. The van der Waals surface area contributed by atoms with Gasteiger partial charge < -0.3 is 14.9 Å². The van der Waals surface area contributed by atoms with Gasteiger partial charge in [0, 0.05) is 0 Å². The molecule has 2 N–H and O–H groups in total. The van der Waals surface area contributed by atoms with Crippen LogP contribution in [0.25, 0.3) is 0 Å². The second kappa shape index (κ2) is 1.84. The van der Waals surface area contributed by atoms with Crippen LogP contribution < -0.4 is 0 Å². The summed E-state index contributed by atoms with van der Waals surface area (Å²) >= 11 is 5.42. The molecule has 1 fully saturated rings. The minimum absolute atomic E-state index is 0.318. The molecule has 1 rings (SSSR count). The first kappa shape index (κ1) is 6.29. The summed E-state index contributed by atoms with van der Waals surface area (Å²) in [4.78, 5) is 0. The second-order valence-corrected chi connectivity index (χ2v) is 2.31. The SMILES string of the molecule is OCC1(O)OCC1Cl. The Morgan fingerprint density at radius 2 is 2.50 bits per heavy atom. The Bertz CT molecular complexity index is 93.3. The average molecular weight is 139 g/mol. The van der Waals surface area contributed by atoms with E-state index in [-0.39, 0.29) is 0 Å². The highest BCUT2D eigenvalue weighted by Gasteiger charge is 2.45. The smallest absolute Gasteiger partial charge is 0.208 e. The first-order valence-electron chi connectivity index (χ1n) is 2.30. The first-order valence-corrected chi connectivity index (χ1v) is 2.74. The zero-order chi connectivity index (χ0) is 6.20. The standard InChI is InChI=1S/C4H7ClO3/c5-3-1-8-4(3,7)2-6/h3,6-7H,1-2H2. The number of aliphatic hydroxyl groups is 2. The van der Waals surface area contributed by atoms with E-state index < -0.39 is 17.8 Å². The molecule has 1 saturated heterocycles. The van der Waals surface area contributed by atoms with E-state index in [0.29, 0.717) is 6.61 Å². The monoisotopic (exact) mass is 138 g/mol. The molecule has 0 aromatic heterocycles. The van der Waals surface area contributed by atoms with Gasteiger partial charge in [0.2, 0.25) is 5.79 Å². The minimum atomic E-state index is -1.46. The number of alkyl halides is 1. The zero-order valence-corrected chi connectivity index (χ0v) is 4.93. The van der Waals surface area contributed by atoms with Crippen LogP contribution in [-0.4, -0.2) is 34.6 Å². The van der Waals surface area contributed by atoms with Crippen LogP contribution in [0.3, 0.4) is 0 Å². The van der Waals surface area contributed by atoms with Crippen molar-refractivity contribution in [1.29, 1.82) is 0 Å². The van der Waals surface area contributed by atoms with Gasteiger partial charge in [-0.05, 0) is 0 Å². The molecular weight excluding hydrogens is 131 g/mol. The van der Waals surface area contributed by atoms with Crippen LogP contribution in [0.1, 0.15) is 0 Å². The molecule has 2 unspecified atom stereocenters. The fourth-order valence-corrected chi connectivity index (χ4v) is 0.678. The third-order valence-electron chi connectivity index (χ3n) is 1.20. The maximum atomic E-state index is 8.88. The fraction of sp³-hybridized carbons (Fsp3) is 1.00. The van der Waals surface area contributed by atoms with E-state index in [9.17, 15) is 0 Å². The molecule has 0 aliphatic carbocycles. The number of ether oxygens (including phenoxy) is 1. The fourth-order valence-electron chi connectivity index (χ4n) is 0.483. The molecule has 4 heteroatoms. The maximum Gasteiger partial charge on any atom is 0.208 e. The van der Waals surface area contributed by atoms with Crippen molar-refractivity contribution in [3.63, 3.8) is 0 Å². The molecule has 1 aliphatic heterocycles. The van der Waals surface area contributed by atoms with E-state index >= 15 is 0 Å². The van der Waals surface area contributed by atoms with Gasteiger partial charge in [-0.2, -0.15) is 0 Å². The van der Waals surface area contributed by atoms with Gasteiger partial charge in [0.15, 0.2) is 0 Å². The number of aliphatic hydroxyl groups excluding tert-OH is 1. The van der Waals surface area contributed by atoms with Gasteiger partial charge >= 0.3 is 0 Å². The summed E-state index contributed by atoms with van der Waals surface area (Å²) < 4.78 is 4.55. The van der Waals surface area contributed by atoms with Crippen LogP contribution in [-0.2, 0) is 4.74 Å². The summed E-state index contributed by atoms with van der Waals surface area (Å²) in [5.41, 5.74) is 0. The zero-order valence-electron chi connectivity index (χ0n) is 4.17. The molecule has 3 nitrogen and oxygen atoms in total. The van der Waals surface area contributed by atoms with Crippen molar-refractivity contribution in [2.75, 3.05) is 13.2 Å². The molecule has 48 valence electrons. The van der Waals surface area contributed by atoms with Gasteiger partial charge in [-0.15, -0.1) is 11.6 Å². The maximum absolute atomic E-state index is 8.88. The van der Waals surface area contributed by atoms with Gasteiger partial charge in [0.25, 0.3) is 0 Å². The van der Waals surface area contributed by atoms with Crippen molar-refractivity contribution in [1.82, 2.24) is 0 Å². The van der Waals surface area contributed by atoms with Crippen LogP contribution in [0.15, 0.2) is 0 Å². The highest BCUT2D eigenvalue weighted by Crippen LogP contribution is 2.27. The summed E-state index contributed by atoms with van der Waals surface area (Å²) in [6.07, 6.45) is 0. The molecule has 0 aromatic carbocycles. The Labute approximate surface area is 51.8 Å². The van der Waals surface area contributed by atoms with E-state index in [2.05, 4.69) is 4.74 Å². The van der Waals surface area contributed by atoms with E-state index in [1.54, 1.807) is 0 Å². The van der Waals surface area contributed by atoms with Crippen LogP contribution in [0, 0.1) is 0 Å². The normalized spacial score (nSPS) is 46.1. The van der Waals surface area contributed by atoms with Crippen molar-refractivity contribution >= 4 is 11.6 Å². The van der Waals surface area contributed by atoms with Gasteiger partial charge in [0.1, 0.15) is 5.38 Å². The molecule has 0 saturated carbocycles. The summed E-state index contributed by atoms with van der Waals surface area (Å²) in [7, 11) is 0. The third-order valence-corrected chi connectivity index (χ3v) is 1.66. The molecule has 1 aliphatic rings. The summed E-state index contributed by atoms with van der Waals surface area (Å²) in [5, 5.41) is 16.8. The lowest BCUT2D eigenvalue weighted by Crippen LogP contribution is -2.57. The lowest BCUT2D eigenvalue weighted by Gasteiger charge is -2.39. The molecule has 8 heavy (non-hydrogen) atoms. The van der Waals surface area contributed by atoms with Gasteiger partial charge in [0.05, 0.1) is 13.2 Å². The topological polar surface area (TPSA) is 49.7 Å². The highest BCUT2D eigenvalue weighted by atomic mass is 35.5. The Hall–Kier alpha value is 0.170. The highest BCUT2D eigenvalue weighted by molar-refractivity contribution is 6.21. The van der Waals surface area contributed by atoms with E-state index in [0.717, 1.165) is 0 Å². The van der Waals surface area contributed by atoms with Gasteiger partial charge in [-0.3, -0.25) is 0 Å². The molecule has 2 atom stereocenters. The number of hydrogen-bond donors (Lipinski definition) is 2. The third kappa shape index (κ3) is 0.717. The first-order chi connectivity index (χ1) is 3.69. The number of halogens is 1. The average Bonchev–Trinajstić information content (AvgIpc) is 1.83.